The summed E-state index contributed by atoms with van der Waals surface area (Å²) >= 11 is 0. The van der Waals surface area contributed by atoms with Gasteiger partial charge >= 0.3 is 0 Å². The van der Waals surface area contributed by atoms with Crippen molar-refractivity contribution in [3.05, 3.63) is 88.5 Å². The average molecular weight is 418 g/mol. The second-order valence-corrected chi connectivity index (χ2v) is 7.60. The summed E-state index contributed by atoms with van der Waals surface area (Å²) in [5.74, 6) is 0.313. The van der Waals surface area contributed by atoms with Gasteiger partial charge in [-0.05, 0) is 59.9 Å². The van der Waals surface area contributed by atoms with Crippen molar-refractivity contribution in [3.8, 4) is 17.2 Å². The molecule has 3 aromatic rings. The third-order valence-corrected chi connectivity index (χ3v) is 4.82. The Morgan fingerprint density at radius 1 is 1.10 bits per heavy atom. The molecule has 3 N–H and O–H groups in total. The van der Waals surface area contributed by atoms with E-state index in [2.05, 4.69) is 36.5 Å². The average Bonchev–Trinajstić information content (AvgIpc) is 2.75. The van der Waals surface area contributed by atoms with Crippen molar-refractivity contribution >= 4 is 12.1 Å². The molecule has 0 aliphatic rings. The minimum absolute atomic E-state index is 0.251. The first-order chi connectivity index (χ1) is 14.8. The van der Waals surface area contributed by atoms with Gasteiger partial charge in [-0.25, -0.2) is 5.43 Å². The van der Waals surface area contributed by atoms with Crippen LogP contribution in [0.2, 0.25) is 0 Å². The smallest absolute Gasteiger partial charge is 0.271 e. The fourth-order valence-corrected chi connectivity index (χ4v) is 3.03. The van der Waals surface area contributed by atoms with Gasteiger partial charge in [-0.15, -0.1) is 0 Å². The van der Waals surface area contributed by atoms with Crippen LogP contribution in [0, 0.1) is 6.92 Å². The molecule has 0 aromatic heterocycles. The molecule has 0 fully saturated rings. The van der Waals surface area contributed by atoms with Crippen LogP contribution in [0.4, 0.5) is 0 Å². The van der Waals surface area contributed by atoms with Gasteiger partial charge in [-0.3, -0.25) is 4.79 Å². The normalized spacial score (nSPS) is 11.1. The fraction of sp³-hybridized carbons (Fsp3) is 0.200. The van der Waals surface area contributed by atoms with Gasteiger partial charge in [-0.2, -0.15) is 5.10 Å². The van der Waals surface area contributed by atoms with Gasteiger partial charge in [0.15, 0.2) is 11.5 Å². The Morgan fingerprint density at radius 2 is 1.84 bits per heavy atom. The van der Waals surface area contributed by atoms with Crippen LogP contribution < -0.4 is 10.2 Å². The van der Waals surface area contributed by atoms with Crippen molar-refractivity contribution in [2.75, 3.05) is 0 Å². The Labute approximate surface area is 181 Å². The minimum atomic E-state index is -0.385. The van der Waals surface area contributed by atoms with E-state index >= 15 is 0 Å². The lowest BCUT2D eigenvalue weighted by molar-refractivity contribution is 0.0955. The number of carbonyl (C=O) groups is 1. The number of para-hydroxylation sites is 1. The standard InChI is InChI=1S/C25H26N2O4/c1-16(2)21-12-7-17(3)13-23(21)31-15-18-8-10-19(11-9-18)25(30)27-26-14-20-5-4-6-22(28)24(20)29/h4-14,16,28-29H,15H2,1-3H3,(H,27,30)/b26-14+. The van der Waals surface area contributed by atoms with Gasteiger partial charge in [0.1, 0.15) is 12.4 Å². The minimum Gasteiger partial charge on any atom is -0.504 e. The summed E-state index contributed by atoms with van der Waals surface area (Å²) in [6.07, 6.45) is 1.27. The number of ether oxygens (including phenoxy) is 1. The molecule has 0 atom stereocenters. The van der Waals surface area contributed by atoms with Crippen molar-refractivity contribution in [1.29, 1.82) is 0 Å². The van der Waals surface area contributed by atoms with Gasteiger partial charge in [0.2, 0.25) is 0 Å². The summed E-state index contributed by atoms with van der Waals surface area (Å²) in [5.41, 5.74) is 6.40. The lowest BCUT2D eigenvalue weighted by Crippen LogP contribution is -2.17. The lowest BCUT2D eigenvalue weighted by atomic mass is 10.0. The number of rotatable bonds is 7. The second-order valence-electron chi connectivity index (χ2n) is 7.60. The molecule has 6 nitrogen and oxygen atoms in total. The maximum absolute atomic E-state index is 12.3. The van der Waals surface area contributed by atoms with Crippen LogP contribution in [0.5, 0.6) is 17.2 Å². The summed E-state index contributed by atoms with van der Waals surface area (Å²) < 4.78 is 6.03. The maximum Gasteiger partial charge on any atom is 0.271 e. The van der Waals surface area contributed by atoms with Crippen LogP contribution in [0.25, 0.3) is 0 Å². The number of phenolic OH excluding ortho intramolecular Hbond substituents is 2. The first-order valence-corrected chi connectivity index (χ1v) is 10.0. The maximum atomic E-state index is 12.3. The van der Waals surface area contributed by atoms with Gasteiger partial charge in [0.25, 0.3) is 5.91 Å². The molecular weight excluding hydrogens is 392 g/mol. The first-order valence-electron chi connectivity index (χ1n) is 10.0. The molecule has 1 amide bonds. The number of amides is 1. The topological polar surface area (TPSA) is 91.2 Å². The van der Waals surface area contributed by atoms with Gasteiger partial charge in [0.05, 0.1) is 6.21 Å². The predicted molar refractivity (Wildman–Crippen MR) is 121 cm³/mol. The lowest BCUT2D eigenvalue weighted by Gasteiger charge is -2.15. The van der Waals surface area contributed by atoms with Crippen molar-refractivity contribution in [2.24, 2.45) is 5.10 Å². The summed E-state index contributed by atoms with van der Waals surface area (Å²) in [6, 6.07) is 17.8. The van der Waals surface area contributed by atoms with Crippen LogP contribution in [0.1, 0.15) is 52.4 Å². The molecule has 6 heteroatoms. The Balaban J connectivity index is 1.60. The van der Waals surface area contributed by atoms with Gasteiger partial charge < -0.3 is 14.9 Å². The third-order valence-electron chi connectivity index (χ3n) is 4.82. The highest BCUT2D eigenvalue weighted by atomic mass is 16.5. The largest absolute Gasteiger partial charge is 0.504 e. The molecule has 160 valence electrons. The molecule has 0 unspecified atom stereocenters. The quantitative estimate of drug-likeness (QED) is 0.290. The molecule has 0 saturated heterocycles. The summed E-state index contributed by atoms with van der Waals surface area (Å²) in [4.78, 5) is 12.3. The van der Waals surface area contributed by atoms with E-state index < -0.39 is 0 Å². The van der Waals surface area contributed by atoms with Crippen LogP contribution in [-0.4, -0.2) is 22.3 Å². The monoisotopic (exact) mass is 418 g/mol. The molecule has 0 heterocycles. The SMILES string of the molecule is Cc1ccc(C(C)C)c(OCc2ccc(C(=O)N/N=C/c3cccc(O)c3O)cc2)c1. The summed E-state index contributed by atoms with van der Waals surface area (Å²) in [7, 11) is 0. The van der Waals surface area contributed by atoms with E-state index in [9.17, 15) is 15.0 Å². The Bertz CT molecular complexity index is 1090. The number of nitrogens with zero attached hydrogens (tertiary/aromatic N) is 1. The molecule has 3 aromatic carbocycles. The molecule has 3 rings (SSSR count). The van der Waals surface area contributed by atoms with E-state index in [1.165, 1.54) is 12.3 Å². The predicted octanol–water partition coefficient (Wildman–Crippen LogP) is 4.87. The molecule has 31 heavy (non-hydrogen) atoms. The molecule has 0 aliphatic heterocycles. The number of benzene rings is 3. The van der Waals surface area contributed by atoms with Crippen LogP contribution in [0.3, 0.4) is 0 Å². The Hall–Kier alpha value is -3.80. The van der Waals surface area contributed by atoms with E-state index in [1.54, 1.807) is 24.3 Å². The number of aromatic hydroxyl groups is 2. The Kier molecular flexibility index (Phi) is 6.92. The van der Waals surface area contributed by atoms with E-state index in [4.69, 9.17) is 4.74 Å². The van der Waals surface area contributed by atoms with E-state index in [0.717, 1.165) is 22.4 Å². The zero-order valence-electron chi connectivity index (χ0n) is 17.8. The van der Waals surface area contributed by atoms with Crippen molar-refractivity contribution in [1.82, 2.24) is 5.43 Å². The van der Waals surface area contributed by atoms with Crippen molar-refractivity contribution < 1.29 is 19.7 Å². The number of phenols is 2. The van der Waals surface area contributed by atoms with Crippen molar-refractivity contribution in [3.63, 3.8) is 0 Å². The number of hydrogen-bond acceptors (Lipinski definition) is 5. The van der Waals surface area contributed by atoms with Gasteiger partial charge in [0, 0.05) is 11.1 Å². The zero-order valence-corrected chi connectivity index (χ0v) is 17.8. The number of nitrogens with one attached hydrogen (secondary N) is 1. The fourth-order valence-electron chi connectivity index (χ4n) is 3.03. The highest BCUT2D eigenvalue weighted by molar-refractivity contribution is 5.95. The van der Waals surface area contributed by atoms with Gasteiger partial charge in [-0.1, -0.05) is 44.2 Å². The summed E-state index contributed by atoms with van der Waals surface area (Å²) in [6.45, 7) is 6.71. The summed E-state index contributed by atoms with van der Waals surface area (Å²) in [5, 5.41) is 23.0. The third kappa shape index (κ3) is 5.63. The number of hydrazone groups is 1. The van der Waals surface area contributed by atoms with E-state index in [1.807, 2.05) is 25.1 Å². The van der Waals surface area contributed by atoms with E-state index in [-0.39, 0.29) is 17.4 Å². The zero-order chi connectivity index (χ0) is 22.4. The van der Waals surface area contributed by atoms with Crippen molar-refractivity contribution in [2.45, 2.75) is 33.3 Å². The number of aryl methyl sites for hydroxylation is 1. The van der Waals surface area contributed by atoms with E-state index in [0.29, 0.717) is 23.7 Å². The highest BCUT2D eigenvalue weighted by Crippen LogP contribution is 2.28. The first kappa shape index (κ1) is 21.9. The molecule has 0 radical (unpaired) electrons. The van der Waals surface area contributed by atoms with Crippen LogP contribution in [0.15, 0.2) is 65.8 Å². The molecular formula is C25H26N2O4. The molecule has 0 bridgehead atoms. The molecule has 0 aliphatic carbocycles. The number of carbonyl (C=O) groups excluding carboxylic acids is 1. The number of hydrogen-bond donors (Lipinski definition) is 3. The van der Waals surface area contributed by atoms with Crippen LogP contribution in [-0.2, 0) is 6.61 Å². The Morgan fingerprint density at radius 3 is 2.55 bits per heavy atom. The second kappa shape index (κ2) is 9.80. The molecule has 0 spiro atoms. The highest BCUT2D eigenvalue weighted by Gasteiger charge is 2.09. The van der Waals surface area contributed by atoms with Crippen LogP contribution >= 0.6 is 0 Å². The molecule has 0 saturated carbocycles.